The predicted octanol–water partition coefficient (Wildman–Crippen LogP) is 14.3. The molecule has 0 nitrogen and oxygen atoms in total. The van der Waals surface area contributed by atoms with Crippen LogP contribution in [0.2, 0.25) is 0 Å². The average molecular weight is 661 g/mol. The van der Waals surface area contributed by atoms with Crippen molar-refractivity contribution in [2.45, 2.75) is 12.8 Å². The van der Waals surface area contributed by atoms with Crippen LogP contribution in [0.4, 0.5) is 0 Å². The first-order valence-corrected chi connectivity index (χ1v) is 18.3. The van der Waals surface area contributed by atoms with E-state index in [0.717, 1.165) is 12.8 Å². The van der Waals surface area contributed by atoms with Gasteiger partial charge in [0, 0.05) is 0 Å². The summed E-state index contributed by atoms with van der Waals surface area (Å²) in [4.78, 5) is 0. The molecule has 0 radical (unpaired) electrons. The van der Waals surface area contributed by atoms with Crippen molar-refractivity contribution in [2.24, 2.45) is 0 Å². The van der Waals surface area contributed by atoms with Crippen LogP contribution in [0, 0.1) is 0 Å². The van der Waals surface area contributed by atoms with Crippen LogP contribution < -0.4 is 0 Å². The molecule has 0 amide bonds. The number of allylic oxidation sites excluding steroid dienone is 1. The molecular formula is C52H36. The molecule has 0 heterocycles. The third-order valence-electron chi connectivity index (χ3n) is 10.9. The van der Waals surface area contributed by atoms with Gasteiger partial charge in [0.2, 0.25) is 0 Å². The second-order valence-electron chi connectivity index (χ2n) is 14.0. The molecule has 0 aromatic heterocycles. The smallest absolute Gasteiger partial charge is 0.00262 e. The second-order valence-corrected chi connectivity index (χ2v) is 14.0. The predicted molar refractivity (Wildman–Crippen MR) is 223 cm³/mol. The first-order chi connectivity index (χ1) is 25.8. The summed E-state index contributed by atoms with van der Waals surface area (Å²) in [5.74, 6) is 0. The highest BCUT2D eigenvalue weighted by Crippen LogP contribution is 2.46. The van der Waals surface area contributed by atoms with E-state index in [0.29, 0.717) is 0 Å². The highest BCUT2D eigenvalue weighted by Gasteiger charge is 2.21. The Morgan fingerprint density at radius 3 is 1.37 bits per heavy atom. The largest absolute Gasteiger partial charge is 0.0622 e. The Hall–Kier alpha value is -6.50. The molecule has 1 aliphatic rings. The fourth-order valence-corrected chi connectivity index (χ4v) is 8.47. The van der Waals surface area contributed by atoms with Crippen LogP contribution in [0.5, 0.6) is 0 Å². The molecule has 0 unspecified atom stereocenters. The van der Waals surface area contributed by atoms with E-state index in [1.165, 1.54) is 99.1 Å². The van der Waals surface area contributed by atoms with Crippen LogP contribution in [0.1, 0.15) is 23.1 Å². The number of benzene rings is 9. The fourth-order valence-electron chi connectivity index (χ4n) is 8.47. The summed E-state index contributed by atoms with van der Waals surface area (Å²) in [5.41, 5.74) is 15.4. The van der Waals surface area contributed by atoms with Crippen molar-refractivity contribution in [3.63, 3.8) is 0 Å². The molecule has 0 fully saturated rings. The summed E-state index contributed by atoms with van der Waals surface area (Å²) in [6.45, 7) is 0. The normalized spacial score (nSPS) is 12.6. The van der Waals surface area contributed by atoms with E-state index in [2.05, 4.69) is 194 Å². The Morgan fingerprint density at radius 1 is 0.288 bits per heavy atom. The zero-order valence-electron chi connectivity index (χ0n) is 28.9. The van der Waals surface area contributed by atoms with Crippen molar-refractivity contribution >= 4 is 44.0 Å². The van der Waals surface area contributed by atoms with Gasteiger partial charge in [-0.2, -0.15) is 0 Å². The zero-order chi connectivity index (χ0) is 34.4. The summed E-state index contributed by atoms with van der Waals surface area (Å²) in [7, 11) is 0. The van der Waals surface area contributed by atoms with Gasteiger partial charge in [-0.05, 0) is 136 Å². The molecule has 9 aromatic carbocycles. The van der Waals surface area contributed by atoms with Crippen molar-refractivity contribution < 1.29 is 0 Å². The number of fused-ring (bicyclic) bond motifs is 5. The topological polar surface area (TPSA) is 0 Å². The summed E-state index contributed by atoms with van der Waals surface area (Å²) in [5, 5.41) is 7.85. The summed E-state index contributed by atoms with van der Waals surface area (Å²) in [6, 6.07) is 69.2. The molecular weight excluding hydrogens is 625 g/mol. The first-order valence-electron chi connectivity index (χ1n) is 18.3. The fraction of sp³-hybridized carbons (Fsp3) is 0.0385. The third-order valence-corrected chi connectivity index (χ3v) is 10.9. The summed E-state index contributed by atoms with van der Waals surface area (Å²) < 4.78 is 0. The Labute approximate surface area is 305 Å². The standard InChI is InChI=1S/C52H36/c1-3-14-35(15-4-1)42-31-43(36-16-5-2-6-17-36)33-44(32-42)39-19-13-20-40(30-39)51-46-22-9-11-24-48(46)52(49-25-12-10-23-47(49)51)41-29-28-38-27-26-37-18-7-8-21-45(37)50(38)34-41/h1-27,30-34H,28-29H2. The maximum atomic E-state index is 2.49. The van der Waals surface area contributed by atoms with E-state index >= 15 is 0 Å². The van der Waals surface area contributed by atoms with E-state index < -0.39 is 0 Å². The monoisotopic (exact) mass is 660 g/mol. The van der Waals surface area contributed by atoms with Crippen molar-refractivity contribution in [3.05, 3.63) is 205 Å². The molecule has 0 aliphatic heterocycles. The third kappa shape index (κ3) is 5.24. The van der Waals surface area contributed by atoms with Crippen molar-refractivity contribution in [3.8, 4) is 44.5 Å². The minimum atomic E-state index is 1.02. The molecule has 10 rings (SSSR count). The molecule has 0 saturated heterocycles. The molecule has 0 atom stereocenters. The SMILES string of the molecule is C1=C(c2c3ccccc3c(-c3cccc(-c4cc(-c5ccccc5)cc(-c5ccccc5)c4)c3)c3ccccc23)CCc2ccc3ccccc3c21. The van der Waals surface area contributed by atoms with Gasteiger partial charge in [0.15, 0.2) is 0 Å². The highest BCUT2D eigenvalue weighted by molar-refractivity contribution is 6.20. The Morgan fingerprint density at radius 2 is 0.750 bits per heavy atom. The maximum Gasteiger partial charge on any atom is -0.00262 e. The summed E-state index contributed by atoms with van der Waals surface area (Å²) >= 11 is 0. The molecule has 244 valence electrons. The quantitative estimate of drug-likeness (QED) is 0.161. The van der Waals surface area contributed by atoms with Gasteiger partial charge in [0.05, 0.1) is 0 Å². The minimum Gasteiger partial charge on any atom is -0.0622 e. The van der Waals surface area contributed by atoms with Crippen LogP contribution in [0.25, 0.3) is 88.5 Å². The highest BCUT2D eigenvalue weighted by atomic mass is 14.2. The molecule has 0 spiro atoms. The lowest BCUT2D eigenvalue weighted by Gasteiger charge is -2.23. The maximum absolute atomic E-state index is 2.49. The van der Waals surface area contributed by atoms with Crippen molar-refractivity contribution in [1.29, 1.82) is 0 Å². The van der Waals surface area contributed by atoms with Gasteiger partial charge >= 0.3 is 0 Å². The zero-order valence-corrected chi connectivity index (χ0v) is 28.9. The average Bonchev–Trinajstić information content (AvgIpc) is 3.23. The molecule has 0 heteroatoms. The Kier molecular flexibility index (Phi) is 7.40. The van der Waals surface area contributed by atoms with E-state index in [1.54, 1.807) is 0 Å². The lowest BCUT2D eigenvalue weighted by molar-refractivity contribution is 1.01. The van der Waals surface area contributed by atoms with Crippen LogP contribution in [0.3, 0.4) is 0 Å². The number of aryl methyl sites for hydroxylation is 1. The van der Waals surface area contributed by atoms with Gasteiger partial charge in [0.25, 0.3) is 0 Å². The van der Waals surface area contributed by atoms with Gasteiger partial charge in [-0.3, -0.25) is 0 Å². The molecule has 0 N–H and O–H groups in total. The van der Waals surface area contributed by atoms with E-state index in [9.17, 15) is 0 Å². The number of rotatable bonds is 5. The first kappa shape index (κ1) is 30.3. The molecule has 0 bridgehead atoms. The van der Waals surface area contributed by atoms with E-state index in [4.69, 9.17) is 0 Å². The van der Waals surface area contributed by atoms with E-state index in [1.807, 2.05) is 0 Å². The lowest BCUT2D eigenvalue weighted by atomic mass is 9.80. The Balaban J connectivity index is 1.17. The number of hydrogen-bond acceptors (Lipinski definition) is 0. The Bertz CT molecular complexity index is 2710. The van der Waals surface area contributed by atoms with E-state index in [-0.39, 0.29) is 0 Å². The van der Waals surface area contributed by atoms with Crippen molar-refractivity contribution in [2.75, 3.05) is 0 Å². The van der Waals surface area contributed by atoms with Crippen LogP contribution in [-0.2, 0) is 6.42 Å². The van der Waals surface area contributed by atoms with Crippen LogP contribution in [-0.4, -0.2) is 0 Å². The minimum absolute atomic E-state index is 1.02. The van der Waals surface area contributed by atoms with Gasteiger partial charge in [-0.15, -0.1) is 0 Å². The second kappa shape index (κ2) is 12.7. The molecule has 0 saturated carbocycles. The molecule has 1 aliphatic carbocycles. The van der Waals surface area contributed by atoms with Crippen molar-refractivity contribution in [1.82, 2.24) is 0 Å². The lowest BCUT2D eigenvalue weighted by Crippen LogP contribution is -2.02. The van der Waals surface area contributed by atoms with Gasteiger partial charge in [-0.1, -0.05) is 170 Å². The van der Waals surface area contributed by atoms with Gasteiger partial charge in [-0.25, -0.2) is 0 Å². The van der Waals surface area contributed by atoms with Gasteiger partial charge in [0.1, 0.15) is 0 Å². The van der Waals surface area contributed by atoms with Gasteiger partial charge < -0.3 is 0 Å². The van der Waals surface area contributed by atoms with Crippen LogP contribution >= 0.6 is 0 Å². The number of hydrogen-bond donors (Lipinski definition) is 0. The summed E-state index contributed by atoms with van der Waals surface area (Å²) in [6.07, 6.45) is 4.56. The van der Waals surface area contributed by atoms with Crippen LogP contribution in [0.15, 0.2) is 188 Å². The molecule has 9 aromatic rings. The molecule has 52 heavy (non-hydrogen) atoms.